The van der Waals surface area contributed by atoms with Crippen LogP contribution in [-0.2, 0) is 0 Å². The molecular formula is C12H24N2. The van der Waals surface area contributed by atoms with Gasteiger partial charge >= 0.3 is 0 Å². The molecule has 0 heterocycles. The number of hydrogen-bond donors (Lipinski definition) is 2. The average molecular weight is 196 g/mol. The zero-order valence-electron chi connectivity index (χ0n) is 9.17. The van der Waals surface area contributed by atoms with Crippen molar-refractivity contribution in [2.75, 3.05) is 0 Å². The van der Waals surface area contributed by atoms with Crippen LogP contribution in [0.15, 0.2) is 0 Å². The lowest BCUT2D eigenvalue weighted by Gasteiger charge is -2.36. The van der Waals surface area contributed by atoms with Crippen LogP contribution in [0.3, 0.4) is 0 Å². The van der Waals surface area contributed by atoms with Crippen LogP contribution >= 0.6 is 0 Å². The largest absolute Gasteiger partial charge is 0.271 e. The molecule has 3 N–H and O–H groups in total. The van der Waals surface area contributed by atoms with Gasteiger partial charge in [-0.2, -0.15) is 0 Å². The molecule has 2 aliphatic rings. The van der Waals surface area contributed by atoms with Crippen LogP contribution in [0.25, 0.3) is 0 Å². The molecule has 0 aliphatic heterocycles. The van der Waals surface area contributed by atoms with Crippen molar-refractivity contribution < 1.29 is 0 Å². The molecule has 0 saturated heterocycles. The number of nitrogens with two attached hydrogens (primary N) is 1. The van der Waals surface area contributed by atoms with Crippen LogP contribution in [0.1, 0.15) is 57.8 Å². The van der Waals surface area contributed by atoms with Crippen LogP contribution in [0.5, 0.6) is 0 Å². The highest BCUT2D eigenvalue weighted by Gasteiger charge is 2.28. The fourth-order valence-electron chi connectivity index (χ4n) is 3.02. The van der Waals surface area contributed by atoms with Crippen LogP contribution in [-0.4, -0.2) is 6.04 Å². The van der Waals surface area contributed by atoms with Gasteiger partial charge in [-0.15, -0.1) is 0 Å². The van der Waals surface area contributed by atoms with Crippen LogP contribution < -0.4 is 11.3 Å². The van der Waals surface area contributed by atoms with Gasteiger partial charge in [0.05, 0.1) is 0 Å². The van der Waals surface area contributed by atoms with Crippen molar-refractivity contribution in [3.63, 3.8) is 0 Å². The van der Waals surface area contributed by atoms with Gasteiger partial charge in [-0.3, -0.25) is 11.3 Å². The predicted molar refractivity (Wildman–Crippen MR) is 59.6 cm³/mol. The Kier molecular flexibility index (Phi) is 3.82. The Labute approximate surface area is 87.6 Å². The van der Waals surface area contributed by atoms with E-state index in [-0.39, 0.29) is 0 Å². The second-order valence-corrected chi connectivity index (χ2v) is 5.20. The standard InChI is InChI=1S/C12H24N2/c13-14-12(11-7-4-8-11)9-10-5-2-1-3-6-10/h10-12,14H,1-9,13H2. The molecule has 0 aromatic rings. The molecule has 2 aliphatic carbocycles. The van der Waals surface area contributed by atoms with Crippen molar-refractivity contribution in [2.45, 2.75) is 63.8 Å². The molecule has 0 aromatic carbocycles. The third-order valence-electron chi connectivity index (χ3n) is 4.24. The van der Waals surface area contributed by atoms with Gasteiger partial charge in [-0.1, -0.05) is 38.5 Å². The molecule has 0 radical (unpaired) electrons. The van der Waals surface area contributed by atoms with E-state index >= 15 is 0 Å². The van der Waals surface area contributed by atoms with Crippen molar-refractivity contribution in [3.05, 3.63) is 0 Å². The second-order valence-electron chi connectivity index (χ2n) is 5.20. The van der Waals surface area contributed by atoms with Crippen molar-refractivity contribution in [3.8, 4) is 0 Å². The van der Waals surface area contributed by atoms with E-state index in [4.69, 9.17) is 5.84 Å². The Morgan fingerprint density at radius 1 is 1.00 bits per heavy atom. The minimum absolute atomic E-state index is 0.617. The molecule has 0 bridgehead atoms. The van der Waals surface area contributed by atoms with Gasteiger partial charge in [-0.05, 0) is 31.1 Å². The first-order valence-corrected chi connectivity index (χ1v) is 6.36. The normalized spacial score (nSPS) is 27.2. The summed E-state index contributed by atoms with van der Waals surface area (Å²) in [5.41, 5.74) is 3.05. The molecular weight excluding hydrogens is 172 g/mol. The molecule has 2 fully saturated rings. The summed E-state index contributed by atoms with van der Waals surface area (Å²) in [5, 5.41) is 0. The minimum Gasteiger partial charge on any atom is -0.271 e. The Bertz CT molecular complexity index is 160. The lowest BCUT2D eigenvalue weighted by atomic mass is 9.74. The van der Waals surface area contributed by atoms with Crippen LogP contribution in [0.4, 0.5) is 0 Å². The maximum absolute atomic E-state index is 5.65. The smallest absolute Gasteiger partial charge is 0.0241 e. The highest BCUT2D eigenvalue weighted by molar-refractivity contribution is 4.83. The molecule has 2 rings (SSSR count). The Morgan fingerprint density at radius 2 is 1.71 bits per heavy atom. The first kappa shape index (κ1) is 10.4. The Morgan fingerprint density at radius 3 is 2.21 bits per heavy atom. The highest BCUT2D eigenvalue weighted by Crippen LogP contribution is 2.35. The molecule has 82 valence electrons. The third kappa shape index (κ3) is 2.48. The Hall–Kier alpha value is -0.0800. The molecule has 1 atom stereocenters. The average Bonchev–Trinajstić information content (AvgIpc) is 2.15. The van der Waals surface area contributed by atoms with Gasteiger partial charge in [0.15, 0.2) is 0 Å². The van der Waals surface area contributed by atoms with Crippen LogP contribution in [0, 0.1) is 11.8 Å². The quantitative estimate of drug-likeness (QED) is 0.536. The van der Waals surface area contributed by atoms with Gasteiger partial charge in [0.25, 0.3) is 0 Å². The fourth-order valence-corrected chi connectivity index (χ4v) is 3.02. The van der Waals surface area contributed by atoms with E-state index in [2.05, 4.69) is 5.43 Å². The van der Waals surface area contributed by atoms with Crippen molar-refractivity contribution in [2.24, 2.45) is 17.7 Å². The van der Waals surface area contributed by atoms with Gasteiger partial charge in [0.1, 0.15) is 0 Å². The predicted octanol–water partition coefficient (Wildman–Crippen LogP) is 2.59. The third-order valence-corrected chi connectivity index (χ3v) is 4.24. The topological polar surface area (TPSA) is 38.0 Å². The van der Waals surface area contributed by atoms with Gasteiger partial charge in [0.2, 0.25) is 0 Å². The zero-order valence-corrected chi connectivity index (χ0v) is 9.17. The highest BCUT2D eigenvalue weighted by atomic mass is 15.2. The van der Waals surface area contributed by atoms with Gasteiger partial charge in [0, 0.05) is 6.04 Å². The van der Waals surface area contributed by atoms with Gasteiger partial charge < -0.3 is 0 Å². The first-order chi connectivity index (χ1) is 6.90. The lowest BCUT2D eigenvalue weighted by molar-refractivity contribution is 0.185. The summed E-state index contributed by atoms with van der Waals surface area (Å²) < 4.78 is 0. The number of hydrazine groups is 1. The van der Waals surface area contributed by atoms with Crippen molar-refractivity contribution in [1.29, 1.82) is 0 Å². The molecule has 0 amide bonds. The maximum Gasteiger partial charge on any atom is 0.0241 e. The molecule has 2 heteroatoms. The Balaban J connectivity index is 1.74. The molecule has 2 nitrogen and oxygen atoms in total. The van der Waals surface area contributed by atoms with Crippen molar-refractivity contribution >= 4 is 0 Å². The lowest BCUT2D eigenvalue weighted by Crippen LogP contribution is -2.44. The fraction of sp³-hybridized carbons (Fsp3) is 1.00. The number of nitrogens with one attached hydrogen (secondary N) is 1. The zero-order chi connectivity index (χ0) is 9.80. The molecule has 2 saturated carbocycles. The molecule has 14 heavy (non-hydrogen) atoms. The SMILES string of the molecule is NNC(CC1CCCCC1)C1CCC1. The summed E-state index contributed by atoms with van der Waals surface area (Å²) in [6, 6.07) is 0.617. The molecule has 0 aromatic heterocycles. The second kappa shape index (κ2) is 5.13. The van der Waals surface area contributed by atoms with E-state index in [1.54, 1.807) is 0 Å². The summed E-state index contributed by atoms with van der Waals surface area (Å²) in [4.78, 5) is 0. The minimum atomic E-state index is 0.617. The van der Waals surface area contributed by atoms with E-state index in [0.29, 0.717) is 6.04 Å². The van der Waals surface area contributed by atoms with E-state index < -0.39 is 0 Å². The van der Waals surface area contributed by atoms with Crippen molar-refractivity contribution in [1.82, 2.24) is 5.43 Å². The summed E-state index contributed by atoms with van der Waals surface area (Å²) in [6.07, 6.45) is 12.8. The monoisotopic (exact) mass is 196 g/mol. The van der Waals surface area contributed by atoms with E-state index in [9.17, 15) is 0 Å². The summed E-state index contributed by atoms with van der Waals surface area (Å²) in [5.74, 6) is 7.50. The molecule has 1 unspecified atom stereocenters. The molecule has 0 spiro atoms. The van der Waals surface area contributed by atoms with E-state index in [0.717, 1.165) is 11.8 Å². The van der Waals surface area contributed by atoms with E-state index in [1.807, 2.05) is 0 Å². The van der Waals surface area contributed by atoms with Gasteiger partial charge in [-0.25, -0.2) is 0 Å². The first-order valence-electron chi connectivity index (χ1n) is 6.36. The maximum atomic E-state index is 5.65. The summed E-state index contributed by atoms with van der Waals surface area (Å²) in [7, 11) is 0. The number of hydrogen-bond acceptors (Lipinski definition) is 2. The summed E-state index contributed by atoms with van der Waals surface area (Å²) >= 11 is 0. The van der Waals surface area contributed by atoms with Crippen LogP contribution in [0.2, 0.25) is 0 Å². The summed E-state index contributed by atoms with van der Waals surface area (Å²) in [6.45, 7) is 0. The van der Waals surface area contributed by atoms with E-state index in [1.165, 1.54) is 57.8 Å². The number of rotatable bonds is 4.